The Morgan fingerprint density at radius 2 is 1.97 bits per heavy atom. The van der Waals surface area contributed by atoms with E-state index in [1.165, 1.54) is 13.0 Å². The molecule has 1 amide bonds. The molecule has 1 aliphatic heterocycles. The molecular weight excluding hydrogens is 456 g/mol. The van der Waals surface area contributed by atoms with E-state index in [2.05, 4.69) is 15.3 Å². The second kappa shape index (κ2) is 8.14. The monoisotopic (exact) mass is 478 g/mol. The Bertz CT molecular complexity index is 1530. The van der Waals surface area contributed by atoms with E-state index < -0.39 is 9.84 Å². The van der Waals surface area contributed by atoms with Gasteiger partial charge in [0.25, 0.3) is 0 Å². The number of sulfone groups is 1. The molecular formula is C24H22N4O5S. The van der Waals surface area contributed by atoms with Crippen molar-refractivity contribution in [2.24, 2.45) is 7.05 Å². The third-order valence-electron chi connectivity index (χ3n) is 5.55. The lowest BCUT2D eigenvalue weighted by Crippen LogP contribution is -2.22. The smallest absolute Gasteiger partial charge is 0.222 e. The fourth-order valence-corrected chi connectivity index (χ4v) is 4.56. The summed E-state index contributed by atoms with van der Waals surface area (Å²) in [7, 11) is -1.79. The lowest BCUT2D eigenvalue weighted by Gasteiger charge is -2.28. The summed E-state index contributed by atoms with van der Waals surface area (Å²) in [6.07, 6.45) is 4.18. The molecule has 4 aromatic rings. The zero-order valence-electron chi connectivity index (χ0n) is 18.8. The summed E-state index contributed by atoms with van der Waals surface area (Å²) < 4.78 is 39.1. The van der Waals surface area contributed by atoms with Crippen molar-refractivity contribution < 1.29 is 22.7 Å². The van der Waals surface area contributed by atoms with E-state index in [0.717, 1.165) is 22.7 Å². The standard InChI is InChI=1S/C24H22N4O5S/c1-14(29)26-21-9-16-17(12-28(2)18(16)11-25-21)23-24-19(10-22(27-23)34(3,30)31)33-20(13-32-24)15-7-5-4-6-8-15/h4-12,20H,13H2,1-3H3,(H,25,26,29). The third kappa shape index (κ3) is 3.96. The molecule has 9 nitrogen and oxygen atoms in total. The molecule has 0 fully saturated rings. The lowest BCUT2D eigenvalue weighted by molar-refractivity contribution is -0.114. The predicted octanol–water partition coefficient (Wildman–Crippen LogP) is 3.51. The number of nitrogens with one attached hydrogen (secondary N) is 1. The SMILES string of the molecule is CC(=O)Nc1cc2c(-c3nc(S(C)(=O)=O)cc4c3OCC(c3ccccc3)O4)cn(C)c2cn1. The minimum Gasteiger partial charge on any atom is -0.483 e. The summed E-state index contributed by atoms with van der Waals surface area (Å²) >= 11 is 0. The van der Waals surface area contributed by atoms with Crippen molar-refractivity contribution in [2.45, 2.75) is 18.1 Å². The number of rotatable bonds is 4. The van der Waals surface area contributed by atoms with Crippen LogP contribution in [-0.2, 0) is 21.7 Å². The molecule has 1 N–H and O–H groups in total. The highest BCUT2D eigenvalue weighted by molar-refractivity contribution is 7.90. The van der Waals surface area contributed by atoms with E-state index in [4.69, 9.17) is 9.47 Å². The maximum atomic E-state index is 12.5. The predicted molar refractivity (Wildman–Crippen MR) is 127 cm³/mol. The second-order valence-electron chi connectivity index (χ2n) is 8.16. The number of hydrogen-bond acceptors (Lipinski definition) is 7. The van der Waals surface area contributed by atoms with Crippen LogP contribution in [0.5, 0.6) is 11.5 Å². The molecule has 0 spiro atoms. The molecule has 4 heterocycles. The number of anilines is 1. The van der Waals surface area contributed by atoms with E-state index in [1.807, 2.05) is 48.1 Å². The highest BCUT2D eigenvalue weighted by atomic mass is 32.2. The van der Waals surface area contributed by atoms with Gasteiger partial charge in [-0.2, -0.15) is 0 Å². The number of aromatic nitrogens is 3. The number of ether oxygens (including phenoxy) is 2. The Kier molecular flexibility index (Phi) is 5.24. The second-order valence-corrected chi connectivity index (χ2v) is 10.1. The molecule has 0 saturated carbocycles. The minimum absolute atomic E-state index is 0.119. The minimum atomic E-state index is -3.64. The topological polar surface area (TPSA) is 112 Å². The molecule has 174 valence electrons. The van der Waals surface area contributed by atoms with Crippen LogP contribution in [0.1, 0.15) is 18.6 Å². The Labute approximate surface area is 196 Å². The van der Waals surface area contributed by atoms with Crippen LogP contribution >= 0.6 is 0 Å². The first kappa shape index (κ1) is 21.9. The van der Waals surface area contributed by atoms with Crippen molar-refractivity contribution in [1.82, 2.24) is 14.5 Å². The molecule has 1 atom stereocenters. The number of nitrogens with zero attached hydrogens (tertiary/aromatic N) is 3. The number of pyridine rings is 2. The summed E-state index contributed by atoms with van der Waals surface area (Å²) in [6.45, 7) is 1.65. The summed E-state index contributed by atoms with van der Waals surface area (Å²) in [5.74, 6) is 0.799. The quantitative estimate of drug-likeness (QED) is 0.478. The van der Waals surface area contributed by atoms with Crippen LogP contribution < -0.4 is 14.8 Å². The largest absolute Gasteiger partial charge is 0.483 e. The van der Waals surface area contributed by atoms with Crippen LogP contribution in [-0.4, -0.2) is 41.7 Å². The number of aryl methyl sites for hydroxylation is 1. The van der Waals surface area contributed by atoms with Crippen molar-refractivity contribution in [3.63, 3.8) is 0 Å². The maximum Gasteiger partial charge on any atom is 0.222 e. The first-order chi connectivity index (χ1) is 16.2. The molecule has 1 aliphatic rings. The van der Waals surface area contributed by atoms with Crippen LogP contribution in [0.3, 0.4) is 0 Å². The highest BCUT2D eigenvalue weighted by Gasteiger charge is 2.30. The lowest BCUT2D eigenvalue weighted by atomic mass is 10.1. The number of benzene rings is 1. The zero-order valence-corrected chi connectivity index (χ0v) is 19.6. The van der Waals surface area contributed by atoms with Gasteiger partial charge in [-0.25, -0.2) is 18.4 Å². The highest BCUT2D eigenvalue weighted by Crippen LogP contribution is 2.45. The Morgan fingerprint density at radius 1 is 1.21 bits per heavy atom. The molecule has 1 unspecified atom stereocenters. The molecule has 1 aromatic carbocycles. The number of carbonyl (C=O) groups excluding carboxylic acids is 1. The molecule has 0 saturated heterocycles. The normalized spacial score (nSPS) is 15.3. The van der Waals surface area contributed by atoms with Crippen LogP contribution in [0.15, 0.2) is 59.9 Å². The van der Waals surface area contributed by atoms with Crippen LogP contribution in [0.4, 0.5) is 5.82 Å². The van der Waals surface area contributed by atoms with Gasteiger partial charge in [0, 0.05) is 43.4 Å². The van der Waals surface area contributed by atoms with Gasteiger partial charge in [0.05, 0.1) is 11.7 Å². The molecule has 0 radical (unpaired) electrons. The van der Waals surface area contributed by atoms with Gasteiger partial charge in [0.2, 0.25) is 5.91 Å². The van der Waals surface area contributed by atoms with Crippen molar-refractivity contribution >= 4 is 32.5 Å². The van der Waals surface area contributed by atoms with Gasteiger partial charge < -0.3 is 19.4 Å². The average Bonchev–Trinajstić information content (AvgIpc) is 3.13. The van der Waals surface area contributed by atoms with Crippen LogP contribution in [0, 0.1) is 0 Å². The van der Waals surface area contributed by atoms with Gasteiger partial charge in [0.1, 0.15) is 18.1 Å². The maximum absolute atomic E-state index is 12.5. The van der Waals surface area contributed by atoms with Crippen molar-refractivity contribution in [3.8, 4) is 22.8 Å². The van der Waals surface area contributed by atoms with Gasteiger partial charge in [-0.1, -0.05) is 30.3 Å². The van der Waals surface area contributed by atoms with E-state index in [1.54, 1.807) is 12.3 Å². The zero-order chi connectivity index (χ0) is 24.0. The molecule has 0 aliphatic carbocycles. The van der Waals surface area contributed by atoms with Gasteiger partial charge in [-0.05, 0) is 11.6 Å². The Balaban J connectivity index is 1.70. The molecule has 10 heteroatoms. The van der Waals surface area contributed by atoms with Gasteiger partial charge in [-0.3, -0.25) is 4.79 Å². The Morgan fingerprint density at radius 3 is 2.68 bits per heavy atom. The van der Waals surface area contributed by atoms with Gasteiger partial charge in [0.15, 0.2) is 32.5 Å². The summed E-state index contributed by atoms with van der Waals surface area (Å²) in [6, 6.07) is 12.7. The van der Waals surface area contributed by atoms with Gasteiger partial charge >= 0.3 is 0 Å². The number of hydrogen-bond donors (Lipinski definition) is 1. The van der Waals surface area contributed by atoms with E-state index in [0.29, 0.717) is 28.6 Å². The summed E-state index contributed by atoms with van der Waals surface area (Å²) in [5.41, 5.74) is 2.68. The van der Waals surface area contributed by atoms with Crippen molar-refractivity contribution in [2.75, 3.05) is 18.2 Å². The molecule has 34 heavy (non-hydrogen) atoms. The average molecular weight is 479 g/mol. The number of fused-ring (bicyclic) bond motifs is 2. The van der Waals surface area contributed by atoms with Crippen molar-refractivity contribution in [1.29, 1.82) is 0 Å². The first-order valence-electron chi connectivity index (χ1n) is 10.5. The van der Waals surface area contributed by atoms with E-state index in [9.17, 15) is 13.2 Å². The summed E-state index contributed by atoms with van der Waals surface area (Å²) in [4.78, 5) is 20.3. The summed E-state index contributed by atoms with van der Waals surface area (Å²) in [5, 5.41) is 3.29. The van der Waals surface area contributed by atoms with E-state index >= 15 is 0 Å². The van der Waals surface area contributed by atoms with E-state index in [-0.39, 0.29) is 23.6 Å². The van der Waals surface area contributed by atoms with Gasteiger partial charge in [-0.15, -0.1) is 0 Å². The fourth-order valence-electron chi connectivity index (χ4n) is 3.98. The molecule has 3 aromatic heterocycles. The number of carbonyl (C=O) groups is 1. The van der Waals surface area contributed by atoms with Crippen LogP contribution in [0.25, 0.3) is 22.2 Å². The number of amides is 1. The van der Waals surface area contributed by atoms with Crippen molar-refractivity contribution in [3.05, 3.63) is 60.4 Å². The van der Waals surface area contributed by atoms with Crippen LogP contribution in [0.2, 0.25) is 0 Å². The fraction of sp³-hybridized carbons (Fsp3) is 0.208. The first-order valence-corrected chi connectivity index (χ1v) is 12.4. The molecule has 5 rings (SSSR count). The molecule has 0 bridgehead atoms. The third-order valence-corrected chi connectivity index (χ3v) is 6.52. The Hall–Kier alpha value is -3.92.